The molecule has 0 aliphatic rings. The second-order valence-corrected chi connectivity index (χ2v) is 8.53. The Kier molecular flexibility index (Phi) is 7.98. The summed E-state index contributed by atoms with van der Waals surface area (Å²) in [6.07, 6.45) is 3.97. The van der Waals surface area contributed by atoms with Crippen LogP contribution in [-0.2, 0) is 19.5 Å². The predicted octanol–water partition coefficient (Wildman–Crippen LogP) is 5.66. The SMILES string of the molecule is N#Cc1ccc(Cn2cncc2CCN(Cc2cccc(F)c2F)C(=S)Nc2cccc(F)c2)cc1. The summed E-state index contributed by atoms with van der Waals surface area (Å²) in [5.41, 5.74) is 3.12. The molecule has 0 saturated heterocycles. The fourth-order valence-corrected chi connectivity index (χ4v) is 4.00. The average Bonchev–Trinajstić information content (AvgIpc) is 3.31. The average molecular weight is 506 g/mol. The van der Waals surface area contributed by atoms with Gasteiger partial charge in [-0.15, -0.1) is 0 Å². The van der Waals surface area contributed by atoms with Crippen molar-refractivity contribution in [3.63, 3.8) is 0 Å². The Hall–Kier alpha value is -4.16. The lowest BCUT2D eigenvalue weighted by Crippen LogP contribution is -2.36. The van der Waals surface area contributed by atoms with Crippen LogP contribution in [0.4, 0.5) is 18.9 Å². The minimum Gasteiger partial charge on any atom is -0.344 e. The second kappa shape index (κ2) is 11.5. The summed E-state index contributed by atoms with van der Waals surface area (Å²) in [6.45, 7) is 0.955. The van der Waals surface area contributed by atoms with E-state index in [2.05, 4.69) is 16.4 Å². The van der Waals surface area contributed by atoms with Gasteiger partial charge in [0.15, 0.2) is 16.7 Å². The summed E-state index contributed by atoms with van der Waals surface area (Å²) in [5, 5.41) is 12.2. The van der Waals surface area contributed by atoms with Crippen LogP contribution in [0.15, 0.2) is 79.3 Å². The molecule has 0 fully saturated rings. The molecule has 0 aliphatic carbocycles. The number of hydrogen-bond acceptors (Lipinski definition) is 3. The molecule has 5 nitrogen and oxygen atoms in total. The first-order valence-electron chi connectivity index (χ1n) is 11.2. The molecule has 0 aliphatic heterocycles. The van der Waals surface area contributed by atoms with Crippen molar-refractivity contribution in [3.05, 3.63) is 119 Å². The number of aromatic nitrogens is 2. The van der Waals surface area contributed by atoms with Crippen molar-refractivity contribution in [2.75, 3.05) is 11.9 Å². The van der Waals surface area contributed by atoms with E-state index < -0.39 is 17.5 Å². The summed E-state index contributed by atoms with van der Waals surface area (Å²) in [7, 11) is 0. The van der Waals surface area contributed by atoms with Crippen LogP contribution in [0, 0.1) is 28.8 Å². The summed E-state index contributed by atoms with van der Waals surface area (Å²) in [5.74, 6) is -2.28. The van der Waals surface area contributed by atoms with Crippen molar-refractivity contribution in [1.29, 1.82) is 5.26 Å². The van der Waals surface area contributed by atoms with E-state index in [4.69, 9.17) is 17.5 Å². The van der Waals surface area contributed by atoms with Gasteiger partial charge in [0, 0.05) is 49.2 Å². The number of nitrogens with zero attached hydrogens (tertiary/aromatic N) is 4. The minimum absolute atomic E-state index is 0.0223. The number of rotatable bonds is 8. The molecule has 4 rings (SSSR count). The maximum Gasteiger partial charge on any atom is 0.173 e. The highest BCUT2D eigenvalue weighted by Gasteiger charge is 2.17. The van der Waals surface area contributed by atoms with Gasteiger partial charge in [0.2, 0.25) is 0 Å². The Balaban J connectivity index is 1.51. The minimum atomic E-state index is -0.933. The van der Waals surface area contributed by atoms with Crippen LogP contribution in [0.25, 0.3) is 0 Å². The highest BCUT2D eigenvalue weighted by Crippen LogP contribution is 2.17. The van der Waals surface area contributed by atoms with Gasteiger partial charge < -0.3 is 14.8 Å². The summed E-state index contributed by atoms with van der Waals surface area (Å²) in [4.78, 5) is 5.96. The van der Waals surface area contributed by atoms with Crippen molar-refractivity contribution in [3.8, 4) is 6.07 Å². The third-order valence-corrected chi connectivity index (χ3v) is 5.99. The first-order valence-corrected chi connectivity index (χ1v) is 11.6. The number of nitriles is 1. The third-order valence-electron chi connectivity index (χ3n) is 5.63. The summed E-state index contributed by atoms with van der Waals surface area (Å²) < 4.78 is 43.9. The van der Waals surface area contributed by atoms with E-state index in [1.807, 2.05) is 16.7 Å². The van der Waals surface area contributed by atoms with E-state index in [-0.39, 0.29) is 17.2 Å². The fourth-order valence-electron chi connectivity index (χ4n) is 3.73. The topological polar surface area (TPSA) is 56.9 Å². The van der Waals surface area contributed by atoms with Crippen LogP contribution in [0.3, 0.4) is 0 Å². The van der Waals surface area contributed by atoms with Gasteiger partial charge in [-0.2, -0.15) is 5.26 Å². The van der Waals surface area contributed by atoms with Crippen molar-refractivity contribution < 1.29 is 13.2 Å². The molecular formula is C27H22F3N5S. The molecule has 0 amide bonds. The van der Waals surface area contributed by atoms with Crippen molar-refractivity contribution in [1.82, 2.24) is 14.5 Å². The zero-order chi connectivity index (χ0) is 25.5. The molecule has 0 bridgehead atoms. The van der Waals surface area contributed by atoms with Crippen LogP contribution < -0.4 is 5.32 Å². The monoisotopic (exact) mass is 505 g/mol. The highest BCUT2D eigenvalue weighted by atomic mass is 32.1. The van der Waals surface area contributed by atoms with Gasteiger partial charge in [-0.05, 0) is 54.2 Å². The lowest BCUT2D eigenvalue weighted by atomic mass is 10.1. The molecule has 9 heteroatoms. The van der Waals surface area contributed by atoms with Gasteiger partial charge in [0.05, 0.1) is 18.0 Å². The molecule has 1 N–H and O–H groups in total. The molecule has 1 heterocycles. The highest BCUT2D eigenvalue weighted by molar-refractivity contribution is 7.80. The first-order chi connectivity index (χ1) is 17.4. The Labute approximate surface area is 212 Å². The van der Waals surface area contributed by atoms with Gasteiger partial charge >= 0.3 is 0 Å². The molecule has 1 aromatic heterocycles. The molecular weight excluding hydrogens is 483 g/mol. The van der Waals surface area contributed by atoms with Crippen LogP contribution in [0.5, 0.6) is 0 Å². The Morgan fingerprint density at radius 3 is 2.58 bits per heavy atom. The quantitative estimate of drug-likeness (QED) is 0.313. The smallest absolute Gasteiger partial charge is 0.173 e. The van der Waals surface area contributed by atoms with E-state index in [1.54, 1.807) is 41.7 Å². The second-order valence-electron chi connectivity index (χ2n) is 8.15. The van der Waals surface area contributed by atoms with Crippen molar-refractivity contribution >= 4 is 23.0 Å². The van der Waals surface area contributed by atoms with Crippen molar-refractivity contribution in [2.45, 2.75) is 19.5 Å². The van der Waals surface area contributed by atoms with Crippen LogP contribution in [-0.4, -0.2) is 26.1 Å². The van der Waals surface area contributed by atoms with Gasteiger partial charge in [0.25, 0.3) is 0 Å². The molecule has 0 unspecified atom stereocenters. The molecule has 182 valence electrons. The Morgan fingerprint density at radius 1 is 1.06 bits per heavy atom. The van der Waals surface area contributed by atoms with E-state index >= 15 is 0 Å². The largest absolute Gasteiger partial charge is 0.344 e. The molecule has 3 aromatic carbocycles. The van der Waals surface area contributed by atoms with Gasteiger partial charge in [-0.3, -0.25) is 0 Å². The van der Waals surface area contributed by atoms with Crippen molar-refractivity contribution in [2.24, 2.45) is 0 Å². The maximum absolute atomic E-state index is 14.4. The molecule has 0 atom stereocenters. The Bertz CT molecular complexity index is 1400. The van der Waals surface area contributed by atoms with Crippen LogP contribution >= 0.6 is 12.2 Å². The van der Waals surface area contributed by atoms with Gasteiger partial charge in [-0.1, -0.05) is 30.3 Å². The lowest BCUT2D eigenvalue weighted by Gasteiger charge is -2.26. The number of hydrogen-bond donors (Lipinski definition) is 1. The number of imidazole rings is 1. The van der Waals surface area contributed by atoms with E-state index in [0.717, 1.165) is 17.3 Å². The Morgan fingerprint density at radius 2 is 1.83 bits per heavy atom. The summed E-state index contributed by atoms with van der Waals surface area (Å²) in [6, 6.07) is 19.3. The number of halogens is 3. The number of anilines is 1. The number of thiocarbonyl (C=S) groups is 1. The molecule has 0 spiro atoms. The normalized spacial score (nSPS) is 10.6. The number of benzene rings is 3. The standard InChI is InChI=1S/C27H22F3N5S/c28-22-4-2-5-23(13-22)33-27(36)34(17-21-3-1-6-25(29)26(21)30)12-11-24-15-32-18-35(24)16-20-9-7-19(14-31)8-10-20/h1-10,13,15,18H,11-12,16-17H2,(H,33,36). The van der Waals surface area contributed by atoms with Gasteiger partial charge in [-0.25, -0.2) is 18.2 Å². The van der Waals surface area contributed by atoms with Crippen LogP contribution in [0.2, 0.25) is 0 Å². The molecule has 36 heavy (non-hydrogen) atoms. The number of nitrogens with one attached hydrogen (secondary N) is 1. The third kappa shape index (κ3) is 6.29. The molecule has 0 saturated carbocycles. The van der Waals surface area contributed by atoms with E-state index in [9.17, 15) is 13.2 Å². The maximum atomic E-state index is 14.4. The van der Waals surface area contributed by atoms with Crippen LogP contribution in [0.1, 0.15) is 22.4 Å². The molecule has 0 radical (unpaired) electrons. The zero-order valence-electron chi connectivity index (χ0n) is 19.2. The van der Waals surface area contributed by atoms with E-state index in [0.29, 0.717) is 30.8 Å². The molecule has 4 aromatic rings. The van der Waals surface area contributed by atoms with E-state index in [1.165, 1.54) is 24.3 Å². The van der Waals surface area contributed by atoms with Gasteiger partial charge in [0.1, 0.15) is 5.82 Å². The first kappa shape index (κ1) is 24.9. The summed E-state index contributed by atoms with van der Waals surface area (Å²) >= 11 is 5.56. The predicted molar refractivity (Wildman–Crippen MR) is 136 cm³/mol. The fraction of sp³-hybridized carbons (Fsp3) is 0.148. The zero-order valence-corrected chi connectivity index (χ0v) is 20.0. The lowest BCUT2D eigenvalue weighted by molar-refractivity contribution is 0.401.